The van der Waals surface area contributed by atoms with E-state index in [4.69, 9.17) is 23.2 Å². The fraction of sp³-hybridized carbons (Fsp3) is 0.391. The molecule has 8 nitrogen and oxygen atoms in total. The summed E-state index contributed by atoms with van der Waals surface area (Å²) in [6.45, 7) is -1.05. The number of fused-ring (bicyclic) bond motifs is 4. The van der Waals surface area contributed by atoms with Gasteiger partial charge in [0.25, 0.3) is 11.8 Å². The predicted octanol–water partition coefficient (Wildman–Crippen LogP) is 4.26. The van der Waals surface area contributed by atoms with E-state index in [-0.39, 0.29) is 21.3 Å². The zero-order valence-electron chi connectivity index (χ0n) is 19.2. The fourth-order valence-electron chi connectivity index (χ4n) is 5.89. The molecule has 2 amide bonds. The van der Waals surface area contributed by atoms with Gasteiger partial charge in [0.15, 0.2) is 0 Å². The quantitative estimate of drug-likeness (QED) is 0.528. The molecule has 15 heteroatoms. The van der Waals surface area contributed by atoms with E-state index in [9.17, 15) is 41.4 Å². The fourth-order valence-corrected chi connectivity index (χ4v) is 6.43. The van der Waals surface area contributed by atoms with Crippen LogP contribution in [0.25, 0.3) is 0 Å². The van der Waals surface area contributed by atoms with Crippen molar-refractivity contribution in [1.82, 2.24) is 9.88 Å². The first kappa shape index (κ1) is 26.6. The van der Waals surface area contributed by atoms with Crippen LogP contribution in [0, 0.1) is 11.8 Å². The number of pyridine rings is 1. The minimum Gasteiger partial charge on any atom is -0.481 e. The molecule has 38 heavy (non-hydrogen) atoms. The highest BCUT2D eigenvalue weighted by molar-refractivity contribution is 6.38. The molecular formula is C23H17Cl2F5N4O4. The molecule has 1 aromatic heterocycles. The second kappa shape index (κ2) is 8.48. The molecule has 1 spiro atoms. The monoisotopic (exact) mass is 578 g/mol. The first-order valence-corrected chi connectivity index (χ1v) is 11.9. The number of amides is 2. The van der Waals surface area contributed by atoms with Crippen LogP contribution < -0.4 is 10.2 Å². The number of anilines is 2. The van der Waals surface area contributed by atoms with Crippen molar-refractivity contribution >= 4 is 52.5 Å². The lowest BCUT2D eigenvalue weighted by molar-refractivity contribution is -0.153. The Bertz CT molecular complexity index is 1390. The first-order valence-electron chi connectivity index (χ1n) is 11.1. The van der Waals surface area contributed by atoms with Gasteiger partial charge in [-0.05, 0) is 24.3 Å². The van der Waals surface area contributed by atoms with E-state index in [0.29, 0.717) is 11.0 Å². The van der Waals surface area contributed by atoms with Crippen LogP contribution in [0.15, 0.2) is 30.3 Å². The van der Waals surface area contributed by atoms with Gasteiger partial charge < -0.3 is 10.4 Å². The summed E-state index contributed by atoms with van der Waals surface area (Å²) >= 11 is 12.4. The summed E-state index contributed by atoms with van der Waals surface area (Å²) in [7, 11) is 1.06. The standard InChI is InChI=1S/C23H17Cl2F5N4O4/c1-33(14-4-2-3-13(31-14)23(28,29)30)18(35)15-12-7-21(26,27)8-34(12)22(16(15)19(36)37)10-5-9(24)6-11(25)17(10)32-20(22)38/h2-6,12,15-16H,7-8H2,1H3,(H,32,38)(H,36,37)/t12-,15+,16-,22+/m1/s1. The molecule has 2 saturated heterocycles. The van der Waals surface area contributed by atoms with Crippen molar-refractivity contribution in [2.45, 2.75) is 30.1 Å². The number of carbonyl (C=O) groups excluding carboxylic acids is 2. The van der Waals surface area contributed by atoms with E-state index in [1.54, 1.807) is 0 Å². The molecule has 0 aliphatic carbocycles. The number of carboxylic acids is 1. The van der Waals surface area contributed by atoms with Crippen LogP contribution in [0.1, 0.15) is 17.7 Å². The zero-order valence-corrected chi connectivity index (χ0v) is 20.7. The molecule has 5 rings (SSSR count). The molecule has 3 aliphatic rings. The molecule has 0 bridgehead atoms. The molecule has 2 N–H and O–H groups in total. The molecule has 0 unspecified atom stereocenters. The van der Waals surface area contributed by atoms with Gasteiger partial charge in [-0.2, -0.15) is 13.2 Å². The zero-order chi connectivity index (χ0) is 27.9. The second-order valence-electron chi connectivity index (χ2n) is 9.40. The third-order valence-electron chi connectivity index (χ3n) is 7.29. The molecule has 0 radical (unpaired) electrons. The van der Waals surface area contributed by atoms with E-state index in [2.05, 4.69) is 10.3 Å². The van der Waals surface area contributed by atoms with Crippen molar-refractivity contribution < 1.29 is 41.4 Å². The van der Waals surface area contributed by atoms with Gasteiger partial charge in [0.1, 0.15) is 23.0 Å². The van der Waals surface area contributed by atoms with Gasteiger partial charge in [-0.3, -0.25) is 24.2 Å². The third kappa shape index (κ3) is 3.74. The van der Waals surface area contributed by atoms with Crippen LogP contribution in [-0.2, 0) is 26.1 Å². The maximum Gasteiger partial charge on any atom is 0.433 e. The molecule has 2 aromatic rings. The summed E-state index contributed by atoms with van der Waals surface area (Å²) in [4.78, 5) is 45.1. The number of alkyl halides is 5. The SMILES string of the molecule is CN(C(=O)[C@H]1[C@H]2CC(F)(F)CN2[C@]2(C(=O)Nc3c(Cl)cc(Cl)cc32)[C@H]1C(=O)O)c1cccc(C(F)(F)F)n1. The first-order chi connectivity index (χ1) is 17.6. The van der Waals surface area contributed by atoms with Crippen molar-refractivity contribution in [2.75, 3.05) is 23.8 Å². The number of halogens is 7. The smallest absolute Gasteiger partial charge is 0.433 e. The number of hydrogen-bond acceptors (Lipinski definition) is 5. The van der Waals surface area contributed by atoms with Gasteiger partial charge in [-0.1, -0.05) is 29.3 Å². The predicted molar refractivity (Wildman–Crippen MR) is 124 cm³/mol. The summed E-state index contributed by atoms with van der Waals surface area (Å²) in [6.07, 6.45) is -5.80. The average Bonchev–Trinajstić information content (AvgIpc) is 3.38. The average molecular weight is 579 g/mol. The van der Waals surface area contributed by atoms with Crippen LogP contribution in [0.4, 0.5) is 33.5 Å². The molecule has 1 aromatic carbocycles. The van der Waals surface area contributed by atoms with Crippen molar-refractivity contribution in [3.8, 4) is 0 Å². The summed E-state index contributed by atoms with van der Waals surface area (Å²) in [5.74, 6) is -11.3. The molecule has 4 atom stereocenters. The molecule has 3 aliphatic heterocycles. The normalized spacial score (nSPS) is 27.8. The minimum atomic E-state index is -4.84. The maximum absolute atomic E-state index is 14.8. The Labute approximate surface area is 221 Å². The lowest BCUT2D eigenvalue weighted by Gasteiger charge is -2.36. The van der Waals surface area contributed by atoms with Crippen LogP contribution in [0.2, 0.25) is 10.0 Å². The lowest BCUT2D eigenvalue weighted by atomic mass is 9.73. The summed E-state index contributed by atoms with van der Waals surface area (Å²) in [5, 5.41) is 12.7. The Kier molecular flexibility index (Phi) is 5.93. The number of aliphatic carboxylic acids is 1. The van der Waals surface area contributed by atoms with Gasteiger partial charge in [0, 0.05) is 30.1 Å². The third-order valence-corrected chi connectivity index (χ3v) is 7.80. The lowest BCUT2D eigenvalue weighted by Crippen LogP contribution is -2.54. The van der Waals surface area contributed by atoms with Crippen LogP contribution in [-0.4, -0.2) is 58.3 Å². The Morgan fingerprint density at radius 3 is 2.55 bits per heavy atom. The van der Waals surface area contributed by atoms with Crippen LogP contribution in [0.5, 0.6) is 0 Å². The largest absolute Gasteiger partial charge is 0.481 e. The van der Waals surface area contributed by atoms with Crippen LogP contribution >= 0.6 is 23.2 Å². The number of nitrogens with zero attached hydrogens (tertiary/aromatic N) is 3. The molecule has 2 fully saturated rings. The summed E-state index contributed by atoms with van der Waals surface area (Å²) in [6, 6.07) is 3.82. The Hall–Kier alpha value is -3.03. The van der Waals surface area contributed by atoms with Gasteiger partial charge >= 0.3 is 12.1 Å². The van der Waals surface area contributed by atoms with E-state index >= 15 is 0 Å². The minimum absolute atomic E-state index is 0.00340. The number of carbonyl (C=O) groups is 3. The highest BCUT2D eigenvalue weighted by atomic mass is 35.5. The van der Waals surface area contributed by atoms with Crippen molar-refractivity contribution in [1.29, 1.82) is 0 Å². The molecule has 0 saturated carbocycles. The highest BCUT2D eigenvalue weighted by Gasteiger charge is 2.74. The van der Waals surface area contributed by atoms with Crippen molar-refractivity contribution in [3.63, 3.8) is 0 Å². The van der Waals surface area contributed by atoms with E-state index in [1.807, 2.05) is 0 Å². The Morgan fingerprint density at radius 2 is 1.92 bits per heavy atom. The number of hydrogen-bond donors (Lipinski definition) is 2. The molecule has 202 valence electrons. The second-order valence-corrected chi connectivity index (χ2v) is 10.2. The van der Waals surface area contributed by atoms with E-state index in [1.165, 1.54) is 12.1 Å². The number of nitrogens with one attached hydrogen (secondary N) is 1. The maximum atomic E-state index is 14.8. The topological polar surface area (TPSA) is 103 Å². The highest BCUT2D eigenvalue weighted by Crippen LogP contribution is 2.61. The molecule has 4 heterocycles. The van der Waals surface area contributed by atoms with E-state index in [0.717, 1.165) is 24.1 Å². The Morgan fingerprint density at radius 1 is 1.24 bits per heavy atom. The summed E-state index contributed by atoms with van der Waals surface area (Å²) in [5.41, 5.74) is -3.70. The number of rotatable bonds is 3. The number of benzene rings is 1. The molecular weight excluding hydrogens is 562 g/mol. The van der Waals surface area contributed by atoms with Gasteiger partial charge in [0.05, 0.1) is 23.2 Å². The van der Waals surface area contributed by atoms with Gasteiger partial charge in [-0.25, -0.2) is 13.8 Å². The Balaban J connectivity index is 1.68. The summed E-state index contributed by atoms with van der Waals surface area (Å²) < 4.78 is 69.2. The van der Waals surface area contributed by atoms with Crippen molar-refractivity contribution in [3.05, 3.63) is 51.6 Å². The number of aromatic nitrogens is 1. The van der Waals surface area contributed by atoms with Crippen molar-refractivity contribution in [2.24, 2.45) is 11.8 Å². The van der Waals surface area contributed by atoms with E-state index < -0.39 is 77.8 Å². The number of carboxylic acid groups (broad SMARTS) is 1. The van der Waals surface area contributed by atoms with Gasteiger partial charge in [0.2, 0.25) is 5.91 Å². The van der Waals surface area contributed by atoms with Gasteiger partial charge in [-0.15, -0.1) is 0 Å². The van der Waals surface area contributed by atoms with Crippen LogP contribution in [0.3, 0.4) is 0 Å².